The van der Waals surface area contributed by atoms with Crippen molar-refractivity contribution in [2.75, 3.05) is 0 Å². The summed E-state index contributed by atoms with van der Waals surface area (Å²) in [6.45, 7) is 1.66. The molecule has 2 rings (SSSR count). The number of esters is 1. The van der Waals surface area contributed by atoms with Crippen LogP contribution in [0.3, 0.4) is 0 Å². The molecule has 14 heavy (non-hydrogen) atoms. The van der Waals surface area contributed by atoms with Gasteiger partial charge in [-0.3, -0.25) is 0 Å². The number of aliphatic hydroxyl groups excluding tert-OH is 1. The number of aliphatic hydroxyl groups is 1. The third kappa shape index (κ3) is 1.44. The van der Waals surface area contributed by atoms with E-state index in [4.69, 9.17) is 9.15 Å². The molecule has 0 spiro atoms. The second-order valence-electron chi connectivity index (χ2n) is 3.22. The Bertz CT molecular complexity index is 363. The molecule has 0 amide bonds. The molecule has 4 heteroatoms. The molecular formula is C10H10O4. The molecule has 1 aliphatic heterocycles. The highest BCUT2D eigenvalue weighted by atomic mass is 16.6. The standard InChI is InChI=1S/C10H10O4/c1-6-4-8(14-10(6)12)9(11)7-2-3-13-5-7/h2-5,8-9,11H,1H3/t8-,9+/m0/s1. The van der Waals surface area contributed by atoms with Crippen LogP contribution in [-0.4, -0.2) is 17.2 Å². The molecule has 0 radical (unpaired) electrons. The molecule has 2 heterocycles. The monoisotopic (exact) mass is 194 g/mol. The van der Waals surface area contributed by atoms with Gasteiger partial charge in [0.2, 0.25) is 0 Å². The van der Waals surface area contributed by atoms with Crippen LogP contribution >= 0.6 is 0 Å². The number of rotatable bonds is 2. The van der Waals surface area contributed by atoms with Gasteiger partial charge in [-0.15, -0.1) is 0 Å². The molecule has 1 aliphatic rings. The predicted molar refractivity (Wildman–Crippen MR) is 47.3 cm³/mol. The molecule has 0 aromatic carbocycles. The van der Waals surface area contributed by atoms with Crippen molar-refractivity contribution in [3.05, 3.63) is 35.8 Å². The quantitative estimate of drug-likeness (QED) is 0.718. The lowest BCUT2D eigenvalue weighted by Gasteiger charge is -2.13. The minimum Gasteiger partial charge on any atom is -0.472 e. The van der Waals surface area contributed by atoms with E-state index in [0.717, 1.165) is 0 Å². The van der Waals surface area contributed by atoms with Gasteiger partial charge in [-0.1, -0.05) is 0 Å². The Labute approximate surface area is 80.8 Å². The smallest absolute Gasteiger partial charge is 0.334 e. The van der Waals surface area contributed by atoms with Crippen molar-refractivity contribution < 1.29 is 19.1 Å². The Morgan fingerprint density at radius 1 is 1.57 bits per heavy atom. The fraction of sp³-hybridized carbons (Fsp3) is 0.300. The molecule has 0 unspecified atom stereocenters. The molecule has 1 N–H and O–H groups in total. The van der Waals surface area contributed by atoms with Crippen LogP contribution in [0.2, 0.25) is 0 Å². The van der Waals surface area contributed by atoms with Gasteiger partial charge < -0.3 is 14.3 Å². The summed E-state index contributed by atoms with van der Waals surface area (Å²) in [5.41, 5.74) is 1.13. The average Bonchev–Trinajstić information content (AvgIpc) is 2.76. The van der Waals surface area contributed by atoms with Crippen molar-refractivity contribution in [2.24, 2.45) is 0 Å². The van der Waals surface area contributed by atoms with Crippen molar-refractivity contribution in [3.8, 4) is 0 Å². The normalized spacial score (nSPS) is 23.1. The molecule has 0 saturated carbocycles. The maximum atomic E-state index is 11.0. The molecule has 1 aromatic heterocycles. The Morgan fingerprint density at radius 2 is 2.36 bits per heavy atom. The number of hydrogen-bond donors (Lipinski definition) is 1. The first-order valence-corrected chi connectivity index (χ1v) is 4.28. The van der Waals surface area contributed by atoms with Gasteiger partial charge in [0.05, 0.1) is 12.5 Å². The second kappa shape index (κ2) is 3.31. The lowest BCUT2D eigenvalue weighted by Crippen LogP contribution is -2.17. The van der Waals surface area contributed by atoms with Crippen molar-refractivity contribution in [1.82, 2.24) is 0 Å². The SMILES string of the molecule is CC1=C[C@@H]([C@H](O)c2ccoc2)OC1=O. The van der Waals surface area contributed by atoms with Crippen LogP contribution in [0.15, 0.2) is 34.7 Å². The molecule has 74 valence electrons. The van der Waals surface area contributed by atoms with Gasteiger partial charge in [-0.25, -0.2) is 4.79 Å². The summed E-state index contributed by atoms with van der Waals surface area (Å²) < 4.78 is 9.76. The Kier molecular flexibility index (Phi) is 2.13. The number of cyclic esters (lactones) is 1. The third-order valence-corrected chi connectivity index (χ3v) is 2.18. The average molecular weight is 194 g/mol. The van der Waals surface area contributed by atoms with Gasteiger partial charge in [0.1, 0.15) is 6.10 Å². The van der Waals surface area contributed by atoms with Crippen molar-refractivity contribution >= 4 is 5.97 Å². The van der Waals surface area contributed by atoms with E-state index in [1.807, 2.05) is 0 Å². The van der Waals surface area contributed by atoms with E-state index in [-0.39, 0.29) is 5.97 Å². The molecule has 0 fully saturated rings. The Morgan fingerprint density at radius 3 is 2.86 bits per heavy atom. The van der Waals surface area contributed by atoms with E-state index >= 15 is 0 Å². The Hall–Kier alpha value is -1.55. The van der Waals surface area contributed by atoms with Crippen LogP contribution in [0, 0.1) is 0 Å². The minimum absolute atomic E-state index is 0.377. The first-order valence-electron chi connectivity index (χ1n) is 4.28. The zero-order chi connectivity index (χ0) is 10.1. The van der Waals surface area contributed by atoms with E-state index in [1.54, 1.807) is 19.1 Å². The highest BCUT2D eigenvalue weighted by molar-refractivity contribution is 5.90. The van der Waals surface area contributed by atoms with E-state index < -0.39 is 12.2 Å². The van der Waals surface area contributed by atoms with E-state index in [9.17, 15) is 9.90 Å². The number of hydrogen-bond acceptors (Lipinski definition) is 4. The van der Waals surface area contributed by atoms with Crippen LogP contribution in [0.25, 0.3) is 0 Å². The minimum atomic E-state index is -0.852. The summed E-state index contributed by atoms with van der Waals surface area (Å²) in [5.74, 6) is -0.377. The van der Waals surface area contributed by atoms with E-state index in [2.05, 4.69) is 0 Å². The van der Waals surface area contributed by atoms with Crippen molar-refractivity contribution in [2.45, 2.75) is 19.1 Å². The largest absolute Gasteiger partial charge is 0.472 e. The van der Waals surface area contributed by atoms with Gasteiger partial charge in [-0.2, -0.15) is 0 Å². The van der Waals surface area contributed by atoms with E-state index in [1.165, 1.54) is 12.5 Å². The van der Waals surface area contributed by atoms with Gasteiger partial charge in [-0.05, 0) is 19.1 Å². The third-order valence-electron chi connectivity index (χ3n) is 2.18. The second-order valence-corrected chi connectivity index (χ2v) is 3.22. The maximum Gasteiger partial charge on any atom is 0.334 e. The summed E-state index contributed by atoms with van der Waals surface area (Å²) in [6, 6.07) is 1.64. The van der Waals surface area contributed by atoms with Crippen LogP contribution < -0.4 is 0 Å². The van der Waals surface area contributed by atoms with Gasteiger partial charge >= 0.3 is 5.97 Å². The van der Waals surface area contributed by atoms with Gasteiger partial charge in [0, 0.05) is 11.1 Å². The number of furan rings is 1. The lowest BCUT2D eigenvalue weighted by atomic mass is 10.1. The molecular weight excluding hydrogens is 184 g/mol. The highest BCUT2D eigenvalue weighted by Gasteiger charge is 2.29. The molecule has 1 aromatic rings. The fourth-order valence-electron chi connectivity index (χ4n) is 1.35. The zero-order valence-electron chi connectivity index (χ0n) is 7.64. The molecule has 0 saturated heterocycles. The van der Waals surface area contributed by atoms with Crippen molar-refractivity contribution in [1.29, 1.82) is 0 Å². The molecule has 4 nitrogen and oxygen atoms in total. The maximum absolute atomic E-state index is 11.0. The fourth-order valence-corrected chi connectivity index (χ4v) is 1.35. The van der Waals surface area contributed by atoms with Crippen LogP contribution in [-0.2, 0) is 9.53 Å². The zero-order valence-corrected chi connectivity index (χ0v) is 7.64. The van der Waals surface area contributed by atoms with Crippen molar-refractivity contribution in [3.63, 3.8) is 0 Å². The highest BCUT2D eigenvalue weighted by Crippen LogP contribution is 2.26. The van der Waals surface area contributed by atoms with E-state index in [0.29, 0.717) is 11.1 Å². The summed E-state index contributed by atoms with van der Waals surface area (Å²) in [7, 11) is 0. The number of carbonyl (C=O) groups is 1. The lowest BCUT2D eigenvalue weighted by molar-refractivity contribution is -0.143. The molecule has 0 bridgehead atoms. The number of ether oxygens (including phenoxy) is 1. The predicted octanol–water partition coefficient (Wildman–Crippen LogP) is 1.18. The number of carbonyl (C=O) groups excluding carboxylic acids is 1. The van der Waals surface area contributed by atoms with Crippen LogP contribution in [0.4, 0.5) is 0 Å². The van der Waals surface area contributed by atoms with Gasteiger partial charge in [0.25, 0.3) is 0 Å². The summed E-state index contributed by atoms with van der Waals surface area (Å²) in [6.07, 6.45) is 3.06. The topological polar surface area (TPSA) is 59.7 Å². The van der Waals surface area contributed by atoms with Crippen LogP contribution in [0.1, 0.15) is 18.6 Å². The van der Waals surface area contributed by atoms with Gasteiger partial charge in [0.15, 0.2) is 6.10 Å². The van der Waals surface area contributed by atoms with Crippen LogP contribution in [0.5, 0.6) is 0 Å². The summed E-state index contributed by atoms with van der Waals surface area (Å²) >= 11 is 0. The first-order chi connectivity index (χ1) is 6.68. The molecule has 2 atom stereocenters. The summed E-state index contributed by atoms with van der Waals surface area (Å²) in [5, 5.41) is 9.76. The summed E-state index contributed by atoms with van der Waals surface area (Å²) in [4.78, 5) is 11.0. The first kappa shape index (κ1) is 9.02. The molecule has 0 aliphatic carbocycles. The Balaban J connectivity index is 2.15.